The first-order valence-corrected chi connectivity index (χ1v) is 17.3. The van der Waals surface area contributed by atoms with Gasteiger partial charge in [-0.1, -0.05) is 115 Å². The molecule has 0 fully saturated rings. The van der Waals surface area contributed by atoms with Crippen molar-refractivity contribution in [2.24, 2.45) is 0 Å². The van der Waals surface area contributed by atoms with Crippen molar-refractivity contribution < 1.29 is 0 Å². The van der Waals surface area contributed by atoms with Gasteiger partial charge in [-0.3, -0.25) is 0 Å². The predicted octanol–water partition coefficient (Wildman–Crippen LogP) is 13.1. The lowest BCUT2D eigenvalue weighted by Gasteiger charge is -2.26. The molecule has 0 aliphatic heterocycles. The van der Waals surface area contributed by atoms with E-state index in [2.05, 4.69) is 175 Å². The fourth-order valence-corrected chi connectivity index (χ4v) is 9.16. The van der Waals surface area contributed by atoms with E-state index >= 15 is 0 Å². The van der Waals surface area contributed by atoms with E-state index in [-0.39, 0.29) is 5.92 Å². The maximum atomic E-state index is 2.43. The van der Waals surface area contributed by atoms with Crippen molar-refractivity contribution in [3.63, 3.8) is 0 Å². The van der Waals surface area contributed by atoms with E-state index < -0.39 is 0 Å². The molecule has 7 aromatic carbocycles. The predicted molar refractivity (Wildman–Crippen MR) is 201 cm³/mol. The lowest BCUT2D eigenvalue weighted by atomic mass is 9.85. The van der Waals surface area contributed by atoms with Crippen molar-refractivity contribution in [2.75, 3.05) is 4.90 Å². The van der Waals surface area contributed by atoms with Gasteiger partial charge in [0.15, 0.2) is 0 Å². The van der Waals surface area contributed by atoms with Gasteiger partial charge in [-0.2, -0.15) is 0 Å². The zero-order valence-corrected chi connectivity index (χ0v) is 26.6. The van der Waals surface area contributed by atoms with Gasteiger partial charge in [-0.05, 0) is 71.3 Å². The molecule has 2 aromatic heterocycles. The van der Waals surface area contributed by atoms with E-state index in [4.69, 9.17) is 0 Å². The Balaban J connectivity index is 1.21. The molecule has 0 aliphatic rings. The lowest BCUT2D eigenvalue weighted by molar-refractivity contribution is 0.981. The first-order valence-electron chi connectivity index (χ1n) is 15.6. The summed E-state index contributed by atoms with van der Waals surface area (Å²) in [6.45, 7) is 0. The van der Waals surface area contributed by atoms with Gasteiger partial charge >= 0.3 is 0 Å². The van der Waals surface area contributed by atoms with Gasteiger partial charge in [0.05, 0.1) is 5.69 Å². The van der Waals surface area contributed by atoms with E-state index in [1.807, 2.05) is 22.7 Å². The average Bonchev–Trinajstić information content (AvgIpc) is 3.68. The molecule has 0 N–H and O–H groups in total. The second kappa shape index (κ2) is 11.3. The molecule has 1 nitrogen and oxygen atoms in total. The molecule has 2 heterocycles. The monoisotopic (exact) mass is 623 g/mol. The lowest BCUT2D eigenvalue weighted by Crippen LogP contribution is -2.10. The van der Waals surface area contributed by atoms with Crippen LogP contribution in [0.2, 0.25) is 0 Å². The molecular weight excluding hydrogens is 595 g/mol. The van der Waals surface area contributed by atoms with E-state index in [0.717, 1.165) is 5.69 Å². The van der Waals surface area contributed by atoms with Gasteiger partial charge < -0.3 is 4.90 Å². The van der Waals surface area contributed by atoms with Gasteiger partial charge in [-0.25, -0.2) is 0 Å². The molecule has 3 heteroatoms. The third kappa shape index (κ3) is 4.59. The van der Waals surface area contributed by atoms with E-state index in [9.17, 15) is 0 Å². The second-order valence-corrected chi connectivity index (χ2v) is 13.9. The molecule has 0 aliphatic carbocycles. The van der Waals surface area contributed by atoms with Crippen molar-refractivity contribution in [1.29, 1.82) is 0 Å². The molecule has 9 aromatic rings. The van der Waals surface area contributed by atoms with E-state index in [1.54, 1.807) is 0 Å². The van der Waals surface area contributed by atoms with Crippen LogP contribution in [0, 0.1) is 0 Å². The van der Waals surface area contributed by atoms with Crippen LogP contribution in [0.1, 0.15) is 22.6 Å². The highest BCUT2D eigenvalue weighted by Gasteiger charge is 2.21. The van der Waals surface area contributed by atoms with Crippen molar-refractivity contribution in [3.8, 4) is 0 Å². The first kappa shape index (κ1) is 27.1. The van der Waals surface area contributed by atoms with Crippen LogP contribution in [0.15, 0.2) is 170 Å². The van der Waals surface area contributed by atoms with Gasteiger partial charge in [0.1, 0.15) is 0 Å². The molecule has 0 saturated heterocycles. The van der Waals surface area contributed by atoms with Crippen molar-refractivity contribution in [2.45, 2.75) is 5.92 Å². The zero-order valence-electron chi connectivity index (χ0n) is 25.0. The first-order chi connectivity index (χ1) is 22.8. The third-order valence-corrected chi connectivity index (χ3v) is 11.2. The van der Waals surface area contributed by atoms with Crippen LogP contribution in [0.25, 0.3) is 40.3 Å². The molecule has 0 unspecified atom stereocenters. The highest BCUT2D eigenvalue weighted by molar-refractivity contribution is 7.26. The normalized spacial score (nSPS) is 11.7. The van der Waals surface area contributed by atoms with E-state index in [1.165, 1.54) is 68.4 Å². The molecule has 0 radical (unpaired) electrons. The molecule has 218 valence electrons. The fraction of sp³-hybridized carbons (Fsp3) is 0.0233. The van der Waals surface area contributed by atoms with Gasteiger partial charge in [0.25, 0.3) is 0 Å². The molecule has 0 spiro atoms. The number of benzene rings is 7. The Morgan fingerprint density at radius 1 is 0.370 bits per heavy atom. The molecule has 9 rings (SSSR count). The number of hydrogen-bond donors (Lipinski definition) is 0. The summed E-state index contributed by atoms with van der Waals surface area (Å²) in [5.41, 5.74) is 7.46. The molecule has 0 amide bonds. The second-order valence-electron chi connectivity index (χ2n) is 11.7. The quantitative estimate of drug-likeness (QED) is 0.167. The summed E-state index contributed by atoms with van der Waals surface area (Å²) in [4.78, 5) is 2.43. The highest BCUT2D eigenvalue weighted by atomic mass is 32.1. The summed E-state index contributed by atoms with van der Waals surface area (Å²) >= 11 is 3.74. The average molecular weight is 624 g/mol. The molecule has 0 bridgehead atoms. The topological polar surface area (TPSA) is 3.24 Å². The summed E-state index contributed by atoms with van der Waals surface area (Å²) in [6.07, 6.45) is 0. The summed E-state index contributed by atoms with van der Waals surface area (Å²) < 4.78 is 5.23. The van der Waals surface area contributed by atoms with Crippen LogP contribution in [0.3, 0.4) is 0 Å². The molecular formula is C43H29NS2. The SMILES string of the molecule is c1ccc(C(c2ccccc2)c2ccc3sc4cc(N(c5ccccc5)c5cccc6sc7ccccc7c56)ccc4c3c2)cc1. The maximum absolute atomic E-state index is 2.43. The van der Waals surface area contributed by atoms with Crippen LogP contribution in [0.5, 0.6) is 0 Å². The minimum absolute atomic E-state index is 0.176. The number of para-hydroxylation sites is 1. The smallest absolute Gasteiger partial charge is 0.0554 e. The number of nitrogens with zero attached hydrogens (tertiary/aromatic N) is 1. The third-order valence-electron chi connectivity index (χ3n) is 8.97. The minimum Gasteiger partial charge on any atom is -0.310 e. The Hall–Kier alpha value is -5.22. The summed E-state index contributed by atoms with van der Waals surface area (Å²) in [5, 5.41) is 5.23. The zero-order chi connectivity index (χ0) is 30.5. The highest BCUT2D eigenvalue weighted by Crippen LogP contribution is 2.46. The number of anilines is 3. The Labute approximate surface area is 276 Å². The standard InChI is InChI=1S/C43H29NS2/c1-4-13-29(14-5-1)42(30-15-6-2-7-16-30)31-23-26-39-36(27-31)34-25-24-33(28-41(34)46-39)44(32-17-8-3-9-18-32)37-20-12-22-40-43(37)35-19-10-11-21-38(35)45-40/h1-28,42H. The van der Waals surface area contributed by atoms with Crippen molar-refractivity contribution in [1.82, 2.24) is 0 Å². The Kier molecular flexibility index (Phi) is 6.66. The number of thiophene rings is 2. The van der Waals surface area contributed by atoms with Crippen LogP contribution in [-0.4, -0.2) is 0 Å². The van der Waals surface area contributed by atoms with E-state index in [0.29, 0.717) is 0 Å². The van der Waals surface area contributed by atoms with Gasteiger partial charge in [-0.15, -0.1) is 22.7 Å². The summed E-state index contributed by atoms with van der Waals surface area (Å²) in [5.74, 6) is 0.176. The van der Waals surface area contributed by atoms with Gasteiger partial charge in [0, 0.05) is 57.6 Å². The number of fused-ring (bicyclic) bond motifs is 6. The summed E-state index contributed by atoms with van der Waals surface area (Å²) in [7, 11) is 0. The Morgan fingerprint density at radius 3 is 1.76 bits per heavy atom. The van der Waals surface area contributed by atoms with Crippen LogP contribution < -0.4 is 4.90 Å². The van der Waals surface area contributed by atoms with Crippen LogP contribution >= 0.6 is 22.7 Å². The van der Waals surface area contributed by atoms with Crippen LogP contribution in [-0.2, 0) is 0 Å². The van der Waals surface area contributed by atoms with Crippen molar-refractivity contribution >= 4 is 80.1 Å². The maximum Gasteiger partial charge on any atom is 0.0554 e. The minimum atomic E-state index is 0.176. The van der Waals surface area contributed by atoms with Gasteiger partial charge in [0.2, 0.25) is 0 Å². The number of rotatable bonds is 6. The van der Waals surface area contributed by atoms with Crippen molar-refractivity contribution in [3.05, 3.63) is 187 Å². The molecule has 46 heavy (non-hydrogen) atoms. The Bertz CT molecular complexity index is 2440. The molecule has 0 atom stereocenters. The number of hydrogen-bond acceptors (Lipinski definition) is 3. The Morgan fingerprint density at radius 2 is 1.00 bits per heavy atom. The largest absolute Gasteiger partial charge is 0.310 e. The summed E-state index contributed by atoms with van der Waals surface area (Å²) in [6, 6.07) is 62.1. The fourth-order valence-electron chi connectivity index (χ4n) is 6.92. The molecule has 0 saturated carbocycles. The van der Waals surface area contributed by atoms with Crippen LogP contribution in [0.4, 0.5) is 17.1 Å².